The second-order valence-electron chi connectivity index (χ2n) is 9.49. The summed E-state index contributed by atoms with van der Waals surface area (Å²) < 4.78 is 0. The van der Waals surface area contributed by atoms with E-state index in [1.165, 1.54) is 13.3 Å². The molecule has 0 spiro atoms. The van der Waals surface area contributed by atoms with Crippen LogP contribution in [0.15, 0.2) is 28.5 Å². The average molecular weight is 351 g/mol. The van der Waals surface area contributed by atoms with E-state index >= 15 is 0 Å². The van der Waals surface area contributed by atoms with Crippen molar-refractivity contribution in [2.45, 2.75) is 73.5 Å². The lowest BCUT2D eigenvalue weighted by atomic mass is 9.70. The molecule has 0 aromatic carbocycles. The number of carbonyl (C=O) groups is 1. The Bertz CT molecular complexity index is 559. The van der Waals surface area contributed by atoms with Gasteiger partial charge in [0.05, 0.1) is 11.8 Å². The molecule has 0 bridgehead atoms. The summed E-state index contributed by atoms with van der Waals surface area (Å²) in [6, 6.07) is 0. The smallest absolute Gasteiger partial charge is 0.185 e. The van der Waals surface area contributed by atoms with Gasteiger partial charge in [-0.2, -0.15) is 0 Å². The first-order chi connectivity index (χ1) is 11.1. The molecule has 0 atom stereocenters. The summed E-state index contributed by atoms with van der Waals surface area (Å²) in [5.41, 5.74) is -0.985. The van der Waals surface area contributed by atoms with Gasteiger partial charge in [0, 0.05) is 11.1 Å². The number of rotatable bonds is 4. The van der Waals surface area contributed by atoms with Gasteiger partial charge in [-0.05, 0) is 43.8 Å². The third kappa shape index (κ3) is 5.79. The van der Waals surface area contributed by atoms with E-state index in [2.05, 4.69) is 5.16 Å². The maximum atomic E-state index is 13.1. The molecular formula is C20H33NO4. The van der Waals surface area contributed by atoms with E-state index in [0.717, 1.165) is 0 Å². The minimum atomic E-state index is -1.11. The van der Waals surface area contributed by atoms with Gasteiger partial charge in [0.2, 0.25) is 0 Å². The Labute approximate surface area is 152 Å². The third-order valence-corrected chi connectivity index (χ3v) is 3.64. The summed E-state index contributed by atoms with van der Waals surface area (Å²) in [5.74, 6) is 0.0285. The first-order valence-electron chi connectivity index (χ1n) is 8.57. The summed E-state index contributed by atoms with van der Waals surface area (Å²) >= 11 is 0. The van der Waals surface area contributed by atoms with E-state index in [1.54, 1.807) is 12.2 Å². The van der Waals surface area contributed by atoms with Gasteiger partial charge >= 0.3 is 0 Å². The van der Waals surface area contributed by atoms with Crippen LogP contribution in [0.1, 0.15) is 62.3 Å². The van der Waals surface area contributed by atoms with Crippen LogP contribution in [0.5, 0.6) is 0 Å². The molecule has 5 heteroatoms. The normalized spacial score (nSPS) is 19.0. The summed E-state index contributed by atoms with van der Waals surface area (Å²) in [6.45, 7) is 17.7. The van der Waals surface area contributed by atoms with Crippen LogP contribution in [-0.4, -0.2) is 30.3 Å². The minimum absolute atomic E-state index is 0.0285. The van der Waals surface area contributed by atoms with Crippen LogP contribution in [0.3, 0.4) is 0 Å². The highest BCUT2D eigenvalue weighted by atomic mass is 17.2. The Morgan fingerprint density at radius 3 is 1.68 bits per heavy atom. The number of Topliss-reactive ketones (excluding diaryl/α,β-unsaturated/α-hetero) is 1. The average Bonchev–Trinajstić information content (AvgIpc) is 2.42. The highest BCUT2D eigenvalue weighted by Gasteiger charge is 2.42. The maximum Gasteiger partial charge on any atom is 0.185 e. The van der Waals surface area contributed by atoms with Crippen molar-refractivity contribution < 1.29 is 19.4 Å². The summed E-state index contributed by atoms with van der Waals surface area (Å²) in [5, 5.41) is 3.90. The Hall–Kier alpha value is -1.46. The SMILES string of the molecule is CO/N=C/C1(OOC(C)(C)C)C=C(C(C)(C)C)C(=O)C(C(C)(C)C)=C1. The first kappa shape index (κ1) is 21.6. The molecule has 1 aliphatic rings. The van der Waals surface area contributed by atoms with E-state index in [-0.39, 0.29) is 16.6 Å². The lowest BCUT2D eigenvalue weighted by molar-refractivity contribution is -0.369. The molecule has 0 fully saturated rings. The van der Waals surface area contributed by atoms with Crippen molar-refractivity contribution in [3.63, 3.8) is 0 Å². The van der Waals surface area contributed by atoms with Crippen molar-refractivity contribution >= 4 is 12.0 Å². The van der Waals surface area contributed by atoms with Crippen molar-refractivity contribution in [2.75, 3.05) is 7.11 Å². The van der Waals surface area contributed by atoms with Crippen LogP contribution in [0, 0.1) is 10.8 Å². The van der Waals surface area contributed by atoms with Crippen molar-refractivity contribution in [3.05, 3.63) is 23.3 Å². The van der Waals surface area contributed by atoms with Gasteiger partial charge in [0.1, 0.15) is 7.11 Å². The molecule has 0 N–H and O–H groups in total. The van der Waals surface area contributed by atoms with Crippen molar-refractivity contribution in [1.29, 1.82) is 0 Å². The lowest BCUT2D eigenvalue weighted by Crippen LogP contribution is -2.41. The van der Waals surface area contributed by atoms with Gasteiger partial charge in [0.15, 0.2) is 11.4 Å². The molecular weight excluding hydrogens is 318 g/mol. The molecule has 1 rings (SSSR count). The molecule has 0 heterocycles. The molecule has 0 aliphatic heterocycles. The molecule has 0 unspecified atom stereocenters. The number of allylic oxidation sites excluding steroid dienone is 2. The van der Waals surface area contributed by atoms with E-state index in [4.69, 9.17) is 14.6 Å². The number of nitrogens with zero attached hydrogens (tertiary/aromatic N) is 1. The van der Waals surface area contributed by atoms with Crippen LogP contribution in [0.2, 0.25) is 0 Å². The van der Waals surface area contributed by atoms with Gasteiger partial charge < -0.3 is 4.84 Å². The zero-order valence-corrected chi connectivity index (χ0v) is 17.3. The van der Waals surface area contributed by atoms with Gasteiger partial charge in [-0.25, -0.2) is 9.78 Å². The molecule has 0 amide bonds. The van der Waals surface area contributed by atoms with Crippen LogP contribution in [0.25, 0.3) is 0 Å². The number of hydrogen-bond donors (Lipinski definition) is 0. The topological polar surface area (TPSA) is 57.1 Å². The van der Waals surface area contributed by atoms with Gasteiger partial charge in [-0.15, -0.1) is 0 Å². The molecule has 25 heavy (non-hydrogen) atoms. The molecule has 142 valence electrons. The zero-order valence-electron chi connectivity index (χ0n) is 17.3. The third-order valence-electron chi connectivity index (χ3n) is 3.64. The van der Waals surface area contributed by atoms with E-state index < -0.39 is 11.2 Å². The lowest BCUT2D eigenvalue weighted by Gasteiger charge is -2.37. The molecule has 0 saturated carbocycles. The van der Waals surface area contributed by atoms with Crippen molar-refractivity contribution in [3.8, 4) is 0 Å². The Kier molecular flexibility index (Phi) is 6.08. The summed E-state index contributed by atoms with van der Waals surface area (Å²) in [7, 11) is 1.46. The number of carbonyl (C=O) groups excluding carboxylic acids is 1. The monoisotopic (exact) mass is 351 g/mol. The fourth-order valence-corrected chi connectivity index (χ4v) is 2.36. The van der Waals surface area contributed by atoms with E-state index in [1.807, 2.05) is 62.3 Å². The Morgan fingerprint density at radius 1 is 0.920 bits per heavy atom. The van der Waals surface area contributed by atoms with Gasteiger partial charge in [0.25, 0.3) is 0 Å². The molecule has 0 aromatic heterocycles. The second kappa shape index (κ2) is 7.04. The quantitative estimate of drug-likeness (QED) is 0.421. The number of hydrogen-bond acceptors (Lipinski definition) is 5. The molecule has 0 radical (unpaired) electrons. The maximum absolute atomic E-state index is 13.1. The zero-order chi connectivity index (χ0) is 19.7. The number of oxime groups is 1. The number of ketones is 1. The van der Waals surface area contributed by atoms with Gasteiger partial charge in [-0.1, -0.05) is 46.7 Å². The minimum Gasteiger partial charge on any atom is -0.399 e. The first-order valence-corrected chi connectivity index (χ1v) is 8.57. The Morgan fingerprint density at radius 2 is 1.36 bits per heavy atom. The van der Waals surface area contributed by atoms with E-state index in [0.29, 0.717) is 11.1 Å². The highest BCUT2D eigenvalue weighted by molar-refractivity contribution is 6.12. The fraction of sp³-hybridized carbons (Fsp3) is 0.700. The highest BCUT2D eigenvalue weighted by Crippen LogP contribution is 2.41. The second-order valence-corrected chi connectivity index (χ2v) is 9.49. The summed E-state index contributed by atoms with van der Waals surface area (Å²) in [4.78, 5) is 29.3. The van der Waals surface area contributed by atoms with Crippen LogP contribution in [0.4, 0.5) is 0 Å². The van der Waals surface area contributed by atoms with Crippen LogP contribution < -0.4 is 0 Å². The van der Waals surface area contributed by atoms with Crippen LogP contribution in [-0.2, 0) is 19.4 Å². The largest absolute Gasteiger partial charge is 0.399 e. The Balaban J connectivity index is 3.57. The van der Waals surface area contributed by atoms with Gasteiger partial charge in [-0.3, -0.25) is 4.79 Å². The predicted molar refractivity (Wildman–Crippen MR) is 100 cm³/mol. The molecule has 1 aliphatic carbocycles. The molecule has 0 saturated heterocycles. The standard InChI is InChI=1S/C20H33NO4/c1-17(2,3)14-11-20(13-21-23-10,25-24-19(7,8)9)12-15(16(14)22)18(4,5)6/h11-13H,1-10H3/b21-13+. The molecule has 0 aromatic rings. The van der Waals surface area contributed by atoms with Crippen molar-refractivity contribution in [2.24, 2.45) is 16.0 Å². The fourth-order valence-electron chi connectivity index (χ4n) is 2.36. The van der Waals surface area contributed by atoms with E-state index in [9.17, 15) is 4.79 Å². The van der Waals surface area contributed by atoms with Crippen molar-refractivity contribution in [1.82, 2.24) is 0 Å². The summed E-state index contributed by atoms with van der Waals surface area (Å²) in [6.07, 6.45) is 5.07. The predicted octanol–water partition coefficient (Wildman–Crippen LogP) is 4.63. The van der Waals surface area contributed by atoms with Crippen LogP contribution >= 0.6 is 0 Å². The molecule has 5 nitrogen and oxygen atoms in total.